The third-order valence-electron chi connectivity index (χ3n) is 4.08. The van der Waals surface area contributed by atoms with Crippen LogP contribution in [0.4, 0.5) is 13.2 Å². The molecule has 0 unspecified atom stereocenters. The molecule has 12 heteroatoms. The summed E-state index contributed by atoms with van der Waals surface area (Å²) in [7, 11) is -7.60. The van der Waals surface area contributed by atoms with Crippen molar-refractivity contribution < 1.29 is 34.4 Å². The zero-order valence-electron chi connectivity index (χ0n) is 17.5. The van der Waals surface area contributed by atoms with Crippen LogP contribution in [0.25, 0.3) is 11.5 Å². The van der Waals surface area contributed by atoms with Gasteiger partial charge in [-0.05, 0) is 39.3 Å². The smallest absolute Gasteiger partial charge is 0.435 e. The molecule has 0 fully saturated rings. The quantitative estimate of drug-likeness (QED) is 0.405. The van der Waals surface area contributed by atoms with Gasteiger partial charge in [0.2, 0.25) is 5.89 Å². The lowest BCUT2D eigenvalue weighted by atomic mass is 10.1. The van der Waals surface area contributed by atoms with Gasteiger partial charge in [0, 0.05) is 5.56 Å². The van der Waals surface area contributed by atoms with Crippen molar-refractivity contribution in [3.05, 3.63) is 36.1 Å². The van der Waals surface area contributed by atoms with Crippen LogP contribution in [0, 0.1) is 0 Å². The van der Waals surface area contributed by atoms with Crippen molar-refractivity contribution in [1.29, 1.82) is 0 Å². The minimum Gasteiger partial charge on any atom is -0.435 e. The maximum absolute atomic E-state index is 12.9. The number of hydrogen-bond donors (Lipinski definition) is 1. The van der Waals surface area contributed by atoms with Gasteiger partial charge in [-0.15, -0.1) is 0 Å². The van der Waals surface area contributed by atoms with Gasteiger partial charge in [-0.2, -0.15) is 26.6 Å². The molecule has 1 N–H and O–H groups in total. The lowest BCUT2D eigenvalue weighted by Crippen LogP contribution is -2.36. The van der Waals surface area contributed by atoms with E-state index in [0.29, 0.717) is 18.4 Å². The summed E-state index contributed by atoms with van der Waals surface area (Å²) in [6, 6.07) is 7.35. The number of aromatic nitrogens is 1. The van der Waals surface area contributed by atoms with Crippen molar-refractivity contribution >= 4 is 21.1 Å². The van der Waals surface area contributed by atoms with Gasteiger partial charge < -0.3 is 8.60 Å². The molecular weight excluding hydrogens is 457 g/mol. The summed E-state index contributed by atoms with van der Waals surface area (Å²) in [5.74, 6) is -1.22. The molecule has 31 heavy (non-hydrogen) atoms. The van der Waals surface area contributed by atoms with Crippen molar-refractivity contribution in [1.82, 2.24) is 9.71 Å². The zero-order valence-corrected chi connectivity index (χ0v) is 19.2. The summed E-state index contributed by atoms with van der Waals surface area (Å²) in [5, 5.41) is 0. The Morgan fingerprint density at radius 2 is 1.81 bits per heavy atom. The van der Waals surface area contributed by atoms with E-state index in [9.17, 15) is 25.8 Å². The van der Waals surface area contributed by atoms with Crippen molar-refractivity contribution in [3.8, 4) is 17.3 Å². The van der Waals surface area contributed by atoms with Crippen LogP contribution in [0.3, 0.4) is 0 Å². The number of unbranched alkanes of at least 4 members (excludes halogenated alkanes) is 1. The Hall–Kier alpha value is -1.92. The molecule has 0 radical (unpaired) electrons. The maximum atomic E-state index is 12.9. The summed E-state index contributed by atoms with van der Waals surface area (Å²) in [5.41, 5.74) is -5.23. The van der Waals surface area contributed by atoms with E-state index >= 15 is 0 Å². The van der Waals surface area contributed by atoms with Crippen LogP contribution in [0.1, 0.15) is 58.8 Å². The summed E-state index contributed by atoms with van der Waals surface area (Å²) < 4.78 is 86.8. The lowest BCUT2D eigenvalue weighted by molar-refractivity contribution is -0.0501. The van der Waals surface area contributed by atoms with E-state index in [-0.39, 0.29) is 11.7 Å². The average molecular weight is 483 g/mol. The standard InChI is InChI=1S/C19H25F3N2O5S2/c1-5-6-12-14(24-30(25)18(2,3)4)15-17(29-31(26,27)19(20,21)22)23-16(28-15)13-10-8-7-9-11-13/h7-11,14,24H,5-6,12H2,1-4H3/t14-,30+/m1/s1. The minimum atomic E-state index is -5.98. The number of alkyl halides is 3. The topological polar surface area (TPSA) is 98.5 Å². The predicted octanol–water partition coefficient (Wildman–Crippen LogP) is 4.85. The van der Waals surface area contributed by atoms with Crippen molar-refractivity contribution in [2.75, 3.05) is 0 Å². The number of halogens is 3. The first-order valence-electron chi connectivity index (χ1n) is 9.51. The number of rotatable bonds is 9. The first kappa shape index (κ1) is 25.3. The maximum Gasteiger partial charge on any atom is 0.534 e. The van der Waals surface area contributed by atoms with Gasteiger partial charge >= 0.3 is 15.6 Å². The van der Waals surface area contributed by atoms with E-state index in [1.165, 1.54) is 0 Å². The molecule has 0 spiro atoms. The normalized spacial score (nSPS) is 14.9. The molecule has 0 saturated carbocycles. The fourth-order valence-corrected chi connectivity index (χ4v) is 3.67. The average Bonchev–Trinajstić information content (AvgIpc) is 3.07. The highest BCUT2D eigenvalue weighted by Crippen LogP contribution is 2.37. The second-order valence-corrected chi connectivity index (χ2v) is 11.3. The Balaban J connectivity index is 2.56. The van der Waals surface area contributed by atoms with E-state index in [1.807, 2.05) is 6.92 Å². The molecule has 0 saturated heterocycles. The molecule has 1 heterocycles. The van der Waals surface area contributed by atoms with Gasteiger partial charge in [-0.1, -0.05) is 38.0 Å². The molecular formula is C19H25F3N2O5S2. The van der Waals surface area contributed by atoms with Gasteiger partial charge in [0.05, 0.1) is 21.8 Å². The largest absolute Gasteiger partial charge is 0.534 e. The van der Waals surface area contributed by atoms with Crippen molar-refractivity contribution in [2.24, 2.45) is 0 Å². The van der Waals surface area contributed by atoms with Crippen LogP contribution >= 0.6 is 0 Å². The van der Waals surface area contributed by atoms with E-state index in [2.05, 4.69) is 13.9 Å². The Labute approximate surface area is 182 Å². The number of nitrogens with one attached hydrogen (secondary N) is 1. The Bertz CT molecular complexity index is 1000. The molecule has 0 bridgehead atoms. The third-order valence-corrected chi connectivity index (χ3v) is 6.64. The second kappa shape index (κ2) is 9.70. The molecule has 0 aliphatic rings. The molecule has 0 aliphatic heterocycles. The predicted molar refractivity (Wildman–Crippen MR) is 111 cm³/mol. The van der Waals surface area contributed by atoms with Crippen molar-refractivity contribution in [2.45, 2.75) is 63.3 Å². The molecule has 0 amide bonds. The second-order valence-electron chi connectivity index (χ2n) is 7.73. The first-order chi connectivity index (χ1) is 14.3. The molecule has 174 valence electrons. The Morgan fingerprint density at radius 3 is 2.32 bits per heavy atom. The number of nitrogens with zero attached hydrogens (tertiary/aromatic N) is 1. The minimum absolute atomic E-state index is 0.118. The molecule has 1 aromatic carbocycles. The fourth-order valence-electron chi connectivity index (χ4n) is 2.41. The molecule has 2 rings (SSSR count). The molecule has 1 aromatic heterocycles. The first-order valence-corrected chi connectivity index (χ1v) is 12.1. The van der Waals surface area contributed by atoms with E-state index < -0.39 is 43.3 Å². The van der Waals surface area contributed by atoms with Crippen LogP contribution in [0.15, 0.2) is 34.7 Å². The number of benzene rings is 1. The molecule has 0 aliphatic carbocycles. The third kappa shape index (κ3) is 6.53. The van der Waals surface area contributed by atoms with Gasteiger partial charge in [-0.3, -0.25) is 0 Å². The van der Waals surface area contributed by atoms with Crippen LogP contribution < -0.4 is 8.91 Å². The lowest BCUT2D eigenvalue weighted by Gasteiger charge is -2.23. The van der Waals surface area contributed by atoms with Crippen molar-refractivity contribution in [3.63, 3.8) is 0 Å². The molecule has 2 atom stereocenters. The molecule has 7 nitrogen and oxygen atoms in total. The van der Waals surface area contributed by atoms with Gasteiger partial charge in [0.25, 0.3) is 5.88 Å². The highest BCUT2D eigenvalue weighted by Gasteiger charge is 2.50. The van der Waals surface area contributed by atoms with Crippen LogP contribution in [0.5, 0.6) is 5.88 Å². The highest BCUT2D eigenvalue weighted by atomic mass is 32.2. The summed E-state index contributed by atoms with van der Waals surface area (Å²) >= 11 is 0. The Kier molecular flexibility index (Phi) is 7.93. The van der Waals surface area contributed by atoms with E-state index in [4.69, 9.17) is 4.42 Å². The Morgan fingerprint density at radius 1 is 1.19 bits per heavy atom. The van der Waals surface area contributed by atoms with E-state index in [0.717, 1.165) is 6.42 Å². The van der Waals surface area contributed by atoms with Gasteiger partial charge in [0.1, 0.15) is 0 Å². The number of hydrogen-bond acceptors (Lipinski definition) is 6. The number of oxazole rings is 1. The summed E-state index contributed by atoms with van der Waals surface area (Å²) in [4.78, 5) is 3.87. The summed E-state index contributed by atoms with van der Waals surface area (Å²) in [6.45, 7) is 7.05. The zero-order chi connectivity index (χ0) is 23.4. The van der Waals surface area contributed by atoms with Gasteiger partial charge in [0.15, 0.2) is 5.76 Å². The monoisotopic (exact) mass is 482 g/mol. The van der Waals surface area contributed by atoms with Crippen LogP contribution in [0.2, 0.25) is 0 Å². The van der Waals surface area contributed by atoms with Gasteiger partial charge in [-0.25, -0.2) is 8.93 Å². The SMILES string of the molecule is CCCC[C@@H](N[S@@](=O)C(C)(C)C)c1oc(-c2ccccc2)nc1OS(=O)(=O)C(F)(F)F. The van der Waals surface area contributed by atoms with Crippen LogP contribution in [-0.4, -0.2) is 27.9 Å². The summed E-state index contributed by atoms with van der Waals surface area (Å²) in [6.07, 6.45) is 1.65. The fraction of sp³-hybridized carbons (Fsp3) is 0.526. The van der Waals surface area contributed by atoms with Crippen LogP contribution in [-0.2, 0) is 21.1 Å². The van der Waals surface area contributed by atoms with E-state index in [1.54, 1.807) is 51.1 Å². The molecule has 2 aromatic rings. The highest BCUT2D eigenvalue weighted by molar-refractivity contribution is 7.88.